The Hall–Kier alpha value is -2.35. The lowest BCUT2D eigenvalue weighted by Crippen LogP contribution is -2.42. The molecule has 5 nitrogen and oxygen atoms in total. The van der Waals surface area contributed by atoms with E-state index in [9.17, 15) is 4.79 Å². The van der Waals surface area contributed by atoms with Crippen LogP contribution in [-0.4, -0.2) is 38.1 Å². The molecule has 29 heavy (non-hydrogen) atoms. The molecule has 0 aliphatic carbocycles. The minimum Gasteiger partial charge on any atom is -0.493 e. The summed E-state index contributed by atoms with van der Waals surface area (Å²) >= 11 is 3.57. The molecule has 1 N–H and O–H groups in total. The van der Waals surface area contributed by atoms with Gasteiger partial charge in [-0.2, -0.15) is 0 Å². The van der Waals surface area contributed by atoms with Crippen LogP contribution in [0.15, 0.2) is 47.2 Å². The molecule has 0 spiro atoms. The van der Waals surface area contributed by atoms with Crippen molar-refractivity contribution in [3.05, 3.63) is 68.0 Å². The highest BCUT2D eigenvalue weighted by Crippen LogP contribution is 2.39. The van der Waals surface area contributed by atoms with Gasteiger partial charge in [0.05, 0.1) is 26.8 Å². The number of amides is 1. The molecule has 0 unspecified atom stereocenters. The second-order valence-electron chi connectivity index (χ2n) is 6.90. The Morgan fingerprint density at radius 1 is 1.14 bits per heavy atom. The fraction of sp³-hybridized carbons (Fsp3) is 0.318. The first kappa shape index (κ1) is 19.9. The molecular formula is C22H24N2O3S2. The van der Waals surface area contributed by atoms with Gasteiger partial charge >= 0.3 is 0 Å². The Balaban J connectivity index is 1.43. The van der Waals surface area contributed by atoms with E-state index in [0.29, 0.717) is 24.6 Å². The highest BCUT2D eigenvalue weighted by Gasteiger charge is 2.31. The minimum atomic E-state index is 0.0278. The number of methoxy groups -OCH3 is 2. The molecule has 3 aromatic rings. The zero-order valence-corrected chi connectivity index (χ0v) is 18.1. The first-order chi connectivity index (χ1) is 14.2. The standard InChI is InChI=1S/C22H24N2O3S2/c1-26-17-6-5-15(12-18(17)27-2)13-23-21(25)14-24-9-7-19-16(8-11-29-19)22(24)20-4-3-10-28-20/h3-6,8,10-12,22H,7,9,13-14H2,1-2H3,(H,23,25)/t22-/m0/s1. The number of nitrogens with zero attached hydrogens (tertiary/aromatic N) is 1. The van der Waals surface area contributed by atoms with Crippen molar-refractivity contribution in [2.45, 2.75) is 19.0 Å². The number of ether oxygens (including phenoxy) is 2. The second kappa shape index (κ2) is 8.98. The van der Waals surface area contributed by atoms with Crippen molar-refractivity contribution >= 4 is 28.6 Å². The Morgan fingerprint density at radius 2 is 2.00 bits per heavy atom. The summed E-state index contributed by atoms with van der Waals surface area (Å²) in [4.78, 5) is 17.7. The van der Waals surface area contributed by atoms with E-state index in [4.69, 9.17) is 9.47 Å². The van der Waals surface area contributed by atoms with Gasteiger partial charge in [-0.05, 0) is 52.6 Å². The van der Waals surface area contributed by atoms with E-state index in [2.05, 4.69) is 39.2 Å². The van der Waals surface area contributed by atoms with E-state index in [1.54, 1.807) is 25.6 Å². The van der Waals surface area contributed by atoms with Crippen LogP contribution < -0.4 is 14.8 Å². The molecule has 0 fully saturated rings. The van der Waals surface area contributed by atoms with Gasteiger partial charge in [-0.1, -0.05) is 12.1 Å². The fourth-order valence-electron chi connectivity index (χ4n) is 3.75. The van der Waals surface area contributed by atoms with Crippen LogP contribution in [0, 0.1) is 0 Å². The fourth-order valence-corrected chi connectivity index (χ4v) is 5.53. The predicted octanol–water partition coefficient (Wildman–Crippen LogP) is 4.09. The van der Waals surface area contributed by atoms with Gasteiger partial charge in [0, 0.05) is 22.8 Å². The number of benzene rings is 1. The SMILES string of the molecule is COc1ccc(CNC(=O)CN2CCc3sccc3[C@H]2c2cccs2)cc1OC. The molecule has 0 radical (unpaired) electrons. The van der Waals surface area contributed by atoms with Gasteiger partial charge in [-0.3, -0.25) is 9.69 Å². The average Bonchev–Trinajstić information content (AvgIpc) is 3.44. The summed E-state index contributed by atoms with van der Waals surface area (Å²) in [5.41, 5.74) is 2.32. The molecule has 152 valence electrons. The first-order valence-corrected chi connectivity index (χ1v) is 11.3. The Morgan fingerprint density at radius 3 is 2.76 bits per heavy atom. The molecular weight excluding hydrogens is 404 g/mol. The lowest BCUT2D eigenvalue weighted by atomic mass is 9.98. The third-order valence-corrected chi connectivity index (χ3v) is 7.08. The zero-order valence-electron chi connectivity index (χ0n) is 16.5. The van der Waals surface area contributed by atoms with E-state index in [1.165, 1.54) is 15.3 Å². The van der Waals surface area contributed by atoms with Crippen molar-refractivity contribution in [1.82, 2.24) is 10.2 Å². The molecule has 3 heterocycles. The Kier molecular flexibility index (Phi) is 6.18. The van der Waals surface area contributed by atoms with Crippen molar-refractivity contribution < 1.29 is 14.3 Å². The maximum Gasteiger partial charge on any atom is 0.234 e. The molecule has 0 saturated carbocycles. The topological polar surface area (TPSA) is 50.8 Å². The smallest absolute Gasteiger partial charge is 0.234 e. The number of carbonyl (C=O) groups is 1. The van der Waals surface area contributed by atoms with E-state index in [-0.39, 0.29) is 11.9 Å². The monoisotopic (exact) mass is 428 g/mol. The molecule has 1 aliphatic heterocycles. The highest BCUT2D eigenvalue weighted by molar-refractivity contribution is 7.10. The quantitative estimate of drug-likeness (QED) is 0.616. The maximum absolute atomic E-state index is 12.7. The number of fused-ring (bicyclic) bond motifs is 1. The zero-order chi connectivity index (χ0) is 20.2. The van der Waals surface area contributed by atoms with Gasteiger partial charge in [0.15, 0.2) is 11.5 Å². The minimum absolute atomic E-state index is 0.0278. The van der Waals surface area contributed by atoms with Crippen LogP contribution >= 0.6 is 22.7 Å². The van der Waals surface area contributed by atoms with Crippen molar-refractivity contribution in [2.24, 2.45) is 0 Å². The van der Waals surface area contributed by atoms with E-state index in [1.807, 2.05) is 29.5 Å². The summed E-state index contributed by atoms with van der Waals surface area (Å²) in [7, 11) is 3.22. The van der Waals surface area contributed by atoms with Gasteiger partial charge in [-0.15, -0.1) is 22.7 Å². The molecule has 0 bridgehead atoms. The van der Waals surface area contributed by atoms with Crippen LogP contribution in [-0.2, 0) is 17.8 Å². The van der Waals surface area contributed by atoms with Crippen LogP contribution in [0.4, 0.5) is 0 Å². The van der Waals surface area contributed by atoms with Crippen LogP contribution in [0.5, 0.6) is 11.5 Å². The van der Waals surface area contributed by atoms with Crippen LogP contribution in [0.3, 0.4) is 0 Å². The summed E-state index contributed by atoms with van der Waals surface area (Å²) in [5.74, 6) is 1.37. The lowest BCUT2D eigenvalue weighted by Gasteiger charge is -2.34. The van der Waals surface area contributed by atoms with Crippen molar-refractivity contribution in [1.29, 1.82) is 0 Å². The molecule has 0 saturated heterocycles. The summed E-state index contributed by atoms with van der Waals surface area (Å²) in [6.45, 7) is 1.73. The molecule has 1 amide bonds. The number of thiophene rings is 2. The summed E-state index contributed by atoms with van der Waals surface area (Å²) in [5, 5.41) is 7.31. The number of rotatable bonds is 7. The van der Waals surface area contributed by atoms with Crippen LogP contribution in [0.25, 0.3) is 0 Å². The number of carbonyl (C=O) groups excluding carboxylic acids is 1. The summed E-state index contributed by atoms with van der Waals surface area (Å²) in [6, 6.07) is 12.3. The normalized spacial score (nSPS) is 16.3. The largest absolute Gasteiger partial charge is 0.493 e. The molecule has 4 rings (SSSR count). The third-order valence-electron chi connectivity index (χ3n) is 5.16. The summed E-state index contributed by atoms with van der Waals surface area (Å²) in [6.07, 6.45) is 0.998. The highest BCUT2D eigenvalue weighted by atomic mass is 32.1. The second-order valence-corrected chi connectivity index (χ2v) is 8.88. The molecule has 7 heteroatoms. The van der Waals surface area contributed by atoms with Crippen molar-refractivity contribution in [2.75, 3.05) is 27.3 Å². The first-order valence-electron chi connectivity index (χ1n) is 9.51. The van der Waals surface area contributed by atoms with Gasteiger partial charge in [0.2, 0.25) is 5.91 Å². The van der Waals surface area contributed by atoms with E-state index >= 15 is 0 Å². The van der Waals surface area contributed by atoms with Gasteiger partial charge in [0.25, 0.3) is 0 Å². The van der Waals surface area contributed by atoms with Crippen molar-refractivity contribution in [3.63, 3.8) is 0 Å². The number of hydrogen-bond acceptors (Lipinski definition) is 6. The molecule has 2 aromatic heterocycles. The number of nitrogens with one attached hydrogen (secondary N) is 1. The maximum atomic E-state index is 12.7. The lowest BCUT2D eigenvalue weighted by molar-refractivity contribution is -0.122. The van der Waals surface area contributed by atoms with E-state index < -0.39 is 0 Å². The molecule has 1 aliphatic rings. The third kappa shape index (κ3) is 4.32. The van der Waals surface area contributed by atoms with E-state index in [0.717, 1.165) is 18.5 Å². The van der Waals surface area contributed by atoms with Gasteiger partial charge < -0.3 is 14.8 Å². The molecule has 1 atom stereocenters. The Labute approximate surface area is 178 Å². The summed E-state index contributed by atoms with van der Waals surface area (Å²) < 4.78 is 10.6. The number of hydrogen-bond donors (Lipinski definition) is 1. The van der Waals surface area contributed by atoms with Crippen LogP contribution in [0.1, 0.15) is 26.9 Å². The predicted molar refractivity (Wildman–Crippen MR) is 117 cm³/mol. The van der Waals surface area contributed by atoms with Crippen LogP contribution in [0.2, 0.25) is 0 Å². The van der Waals surface area contributed by atoms with Crippen molar-refractivity contribution in [3.8, 4) is 11.5 Å². The molecule has 1 aromatic carbocycles. The Bertz CT molecular complexity index is 968. The van der Waals surface area contributed by atoms with Gasteiger partial charge in [-0.25, -0.2) is 0 Å². The van der Waals surface area contributed by atoms with Gasteiger partial charge in [0.1, 0.15) is 0 Å². The average molecular weight is 429 g/mol.